The number of piperidine rings is 1. The van der Waals surface area contributed by atoms with E-state index in [1.807, 2.05) is 0 Å². The second-order valence-corrected chi connectivity index (χ2v) is 9.96. The standard InChI is InChI=1S/C20H33NO7/c1-17(2,3)26-14(23)20(15(24)27-18(4,5)6)12-13(22)10-11-21(20)16(25)28-19(7,8)9/h10-12H2,1-9H3. The highest BCUT2D eigenvalue weighted by molar-refractivity contribution is 6.11. The third-order valence-corrected chi connectivity index (χ3v) is 3.62. The Morgan fingerprint density at radius 1 is 0.786 bits per heavy atom. The second-order valence-electron chi connectivity index (χ2n) is 9.96. The second kappa shape index (κ2) is 7.72. The molecule has 0 N–H and O–H groups in total. The van der Waals surface area contributed by atoms with E-state index in [0.29, 0.717) is 0 Å². The van der Waals surface area contributed by atoms with Gasteiger partial charge in [-0.3, -0.25) is 9.69 Å². The molecule has 1 saturated heterocycles. The summed E-state index contributed by atoms with van der Waals surface area (Å²) in [6, 6.07) is 0. The Balaban J connectivity index is 3.51. The average Bonchev–Trinajstić information content (AvgIpc) is 2.40. The predicted molar refractivity (Wildman–Crippen MR) is 102 cm³/mol. The molecule has 0 aromatic carbocycles. The van der Waals surface area contributed by atoms with Gasteiger partial charge in [-0.2, -0.15) is 0 Å². The zero-order chi connectivity index (χ0) is 22.1. The molecule has 0 aromatic heterocycles. The van der Waals surface area contributed by atoms with E-state index in [2.05, 4.69) is 0 Å². The van der Waals surface area contributed by atoms with Crippen molar-refractivity contribution in [2.75, 3.05) is 6.54 Å². The number of likely N-dealkylation sites (tertiary alicyclic amines) is 1. The maximum Gasteiger partial charge on any atom is 0.411 e. The van der Waals surface area contributed by atoms with Gasteiger partial charge in [0.05, 0.1) is 6.42 Å². The molecule has 1 fully saturated rings. The molecular weight excluding hydrogens is 366 g/mol. The quantitative estimate of drug-likeness (QED) is 0.400. The van der Waals surface area contributed by atoms with Crippen molar-refractivity contribution in [3.63, 3.8) is 0 Å². The van der Waals surface area contributed by atoms with E-state index in [4.69, 9.17) is 14.2 Å². The fourth-order valence-corrected chi connectivity index (χ4v) is 2.63. The molecule has 1 rings (SSSR count). The number of rotatable bonds is 2. The maximum atomic E-state index is 13.2. The maximum absolute atomic E-state index is 13.2. The van der Waals surface area contributed by atoms with E-state index in [0.717, 1.165) is 4.90 Å². The van der Waals surface area contributed by atoms with Crippen molar-refractivity contribution in [3.05, 3.63) is 0 Å². The van der Waals surface area contributed by atoms with E-state index in [-0.39, 0.29) is 18.7 Å². The molecular formula is C20H33NO7. The number of amides is 1. The summed E-state index contributed by atoms with van der Waals surface area (Å²) in [4.78, 5) is 52.4. The highest BCUT2D eigenvalue weighted by atomic mass is 16.6. The molecule has 0 aromatic rings. The van der Waals surface area contributed by atoms with Crippen LogP contribution < -0.4 is 0 Å². The minimum absolute atomic E-state index is 0.00654. The Morgan fingerprint density at radius 3 is 1.54 bits per heavy atom. The molecule has 28 heavy (non-hydrogen) atoms. The summed E-state index contributed by atoms with van der Waals surface area (Å²) < 4.78 is 16.3. The smallest absolute Gasteiger partial charge is 0.411 e. The van der Waals surface area contributed by atoms with Gasteiger partial charge in [-0.05, 0) is 62.3 Å². The molecule has 1 heterocycles. The number of nitrogens with zero attached hydrogens (tertiary/aromatic N) is 1. The first kappa shape index (κ1) is 23.9. The van der Waals surface area contributed by atoms with Gasteiger partial charge in [0.2, 0.25) is 5.54 Å². The number of ketones is 1. The predicted octanol–water partition coefficient (Wildman–Crippen LogP) is 3.01. The highest BCUT2D eigenvalue weighted by Crippen LogP contribution is 2.34. The normalized spacial score (nSPS) is 17.8. The molecule has 0 atom stereocenters. The van der Waals surface area contributed by atoms with Crippen LogP contribution in [0.15, 0.2) is 0 Å². The van der Waals surface area contributed by atoms with Crippen LogP contribution in [0, 0.1) is 0 Å². The van der Waals surface area contributed by atoms with Crippen LogP contribution in [0.5, 0.6) is 0 Å². The molecule has 0 spiro atoms. The van der Waals surface area contributed by atoms with E-state index >= 15 is 0 Å². The SMILES string of the molecule is CC(C)(C)OC(=O)N1CCC(=O)CC1(C(=O)OC(C)(C)C)C(=O)OC(C)(C)C. The highest BCUT2D eigenvalue weighted by Gasteiger charge is 2.61. The van der Waals surface area contributed by atoms with E-state index < -0.39 is 46.8 Å². The van der Waals surface area contributed by atoms with Crippen molar-refractivity contribution in [2.24, 2.45) is 0 Å². The molecule has 0 bridgehead atoms. The Labute approximate surface area is 166 Å². The lowest BCUT2D eigenvalue weighted by Gasteiger charge is -2.44. The summed E-state index contributed by atoms with van der Waals surface area (Å²) in [5, 5.41) is 0. The summed E-state index contributed by atoms with van der Waals surface area (Å²) in [5.41, 5.74) is -4.96. The lowest BCUT2D eigenvalue weighted by molar-refractivity contribution is -0.191. The molecule has 0 unspecified atom stereocenters. The molecule has 0 saturated carbocycles. The number of hydrogen-bond acceptors (Lipinski definition) is 7. The van der Waals surface area contributed by atoms with Gasteiger partial charge in [0, 0.05) is 13.0 Å². The number of Topliss-reactive ketones (excluding diaryl/α,β-unsaturated/α-hetero) is 1. The molecule has 1 amide bonds. The monoisotopic (exact) mass is 399 g/mol. The van der Waals surface area contributed by atoms with Crippen LogP contribution in [-0.4, -0.2) is 57.6 Å². The first-order valence-electron chi connectivity index (χ1n) is 9.37. The van der Waals surface area contributed by atoms with Crippen molar-refractivity contribution in [2.45, 2.75) is 97.5 Å². The third-order valence-electron chi connectivity index (χ3n) is 3.62. The summed E-state index contributed by atoms with van der Waals surface area (Å²) in [6.45, 7) is 14.7. The van der Waals surface area contributed by atoms with Crippen LogP contribution in [0.2, 0.25) is 0 Å². The summed E-state index contributed by atoms with van der Waals surface area (Å²) in [7, 11) is 0. The lowest BCUT2D eigenvalue weighted by Crippen LogP contribution is -2.68. The number of carbonyl (C=O) groups is 4. The van der Waals surface area contributed by atoms with E-state index in [9.17, 15) is 19.2 Å². The molecule has 0 aliphatic carbocycles. The molecule has 1 aliphatic rings. The van der Waals surface area contributed by atoms with Gasteiger partial charge in [0.1, 0.15) is 22.6 Å². The van der Waals surface area contributed by atoms with Crippen LogP contribution in [-0.2, 0) is 28.6 Å². The van der Waals surface area contributed by atoms with Gasteiger partial charge in [-0.25, -0.2) is 14.4 Å². The molecule has 8 nitrogen and oxygen atoms in total. The van der Waals surface area contributed by atoms with Gasteiger partial charge in [-0.15, -0.1) is 0 Å². The summed E-state index contributed by atoms with van der Waals surface area (Å²) in [6.07, 6.45) is -1.39. The molecule has 1 aliphatic heterocycles. The van der Waals surface area contributed by atoms with Crippen LogP contribution in [0.1, 0.15) is 75.2 Å². The Bertz CT molecular complexity index is 619. The zero-order valence-electron chi connectivity index (χ0n) is 18.4. The van der Waals surface area contributed by atoms with E-state index in [1.165, 1.54) is 0 Å². The van der Waals surface area contributed by atoms with Crippen LogP contribution in [0.3, 0.4) is 0 Å². The van der Waals surface area contributed by atoms with Crippen molar-refractivity contribution >= 4 is 23.8 Å². The molecule has 0 radical (unpaired) electrons. The Kier molecular flexibility index (Phi) is 6.59. The number of esters is 2. The first-order valence-corrected chi connectivity index (χ1v) is 9.37. The molecule has 8 heteroatoms. The topological polar surface area (TPSA) is 99.2 Å². The van der Waals surface area contributed by atoms with Crippen molar-refractivity contribution in [1.82, 2.24) is 4.90 Å². The largest absolute Gasteiger partial charge is 0.458 e. The Hall–Kier alpha value is -2.12. The average molecular weight is 399 g/mol. The lowest BCUT2D eigenvalue weighted by atomic mass is 9.85. The van der Waals surface area contributed by atoms with Crippen molar-refractivity contribution in [1.29, 1.82) is 0 Å². The summed E-state index contributed by atoms with van der Waals surface area (Å²) in [5.74, 6) is -2.35. The van der Waals surface area contributed by atoms with Gasteiger partial charge >= 0.3 is 18.0 Å². The van der Waals surface area contributed by atoms with Gasteiger partial charge in [0.25, 0.3) is 0 Å². The minimum Gasteiger partial charge on any atom is -0.458 e. The van der Waals surface area contributed by atoms with Crippen LogP contribution >= 0.6 is 0 Å². The first-order chi connectivity index (χ1) is 12.4. The van der Waals surface area contributed by atoms with Crippen molar-refractivity contribution < 1.29 is 33.4 Å². The van der Waals surface area contributed by atoms with Gasteiger partial charge in [0.15, 0.2) is 0 Å². The summed E-state index contributed by atoms with van der Waals surface area (Å²) >= 11 is 0. The molecule has 160 valence electrons. The Morgan fingerprint density at radius 2 is 1.18 bits per heavy atom. The minimum atomic E-state index is -2.22. The van der Waals surface area contributed by atoms with Gasteiger partial charge in [-0.1, -0.05) is 0 Å². The number of hydrogen-bond donors (Lipinski definition) is 0. The third kappa shape index (κ3) is 6.21. The fourth-order valence-electron chi connectivity index (χ4n) is 2.63. The van der Waals surface area contributed by atoms with Crippen LogP contribution in [0.4, 0.5) is 4.79 Å². The van der Waals surface area contributed by atoms with Crippen molar-refractivity contribution in [3.8, 4) is 0 Å². The zero-order valence-corrected chi connectivity index (χ0v) is 18.4. The van der Waals surface area contributed by atoms with Gasteiger partial charge < -0.3 is 14.2 Å². The number of ether oxygens (including phenoxy) is 3. The number of carbonyl (C=O) groups excluding carboxylic acids is 4. The van der Waals surface area contributed by atoms with Crippen LogP contribution in [0.25, 0.3) is 0 Å². The van der Waals surface area contributed by atoms with E-state index in [1.54, 1.807) is 62.3 Å². The fraction of sp³-hybridized carbons (Fsp3) is 0.800.